The van der Waals surface area contributed by atoms with Crippen molar-refractivity contribution in [2.45, 2.75) is 18.7 Å². The van der Waals surface area contributed by atoms with Crippen LogP contribution in [-0.4, -0.2) is 11.5 Å². The highest BCUT2D eigenvalue weighted by Crippen LogP contribution is 2.23. The van der Waals surface area contributed by atoms with Crippen molar-refractivity contribution in [3.8, 4) is 0 Å². The first kappa shape index (κ1) is 13.8. The van der Waals surface area contributed by atoms with E-state index >= 15 is 0 Å². The van der Waals surface area contributed by atoms with Gasteiger partial charge in [-0.1, -0.05) is 18.2 Å². The molecule has 19 heavy (non-hydrogen) atoms. The minimum absolute atomic E-state index is 0.0244. The van der Waals surface area contributed by atoms with Crippen molar-refractivity contribution >= 4 is 17.5 Å². The number of thioether (sulfide) groups is 1. The van der Waals surface area contributed by atoms with Gasteiger partial charge in [0, 0.05) is 10.5 Å². The van der Waals surface area contributed by atoms with Crippen molar-refractivity contribution in [3.63, 3.8) is 0 Å². The molecule has 0 atom stereocenters. The summed E-state index contributed by atoms with van der Waals surface area (Å²) in [4.78, 5) is 13.2. The summed E-state index contributed by atoms with van der Waals surface area (Å²) in [6.07, 6.45) is 0. The molecule has 0 N–H and O–H groups in total. The van der Waals surface area contributed by atoms with Crippen LogP contribution in [0.5, 0.6) is 0 Å². The molecule has 98 valence electrons. The number of carbonyl (C=O) groups excluding carboxylic acids is 1. The van der Waals surface area contributed by atoms with Crippen LogP contribution in [-0.2, 0) is 0 Å². The van der Waals surface area contributed by atoms with E-state index in [1.54, 1.807) is 19.1 Å². The van der Waals surface area contributed by atoms with Crippen LogP contribution >= 0.6 is 11.8 Å². The molecule has 0 saturated carbocycles. The Morgan fingerprint density at radius 2 is 1.84 bits per heavy atom. The Labute approximate surface area is 116 Å². The normalized spacial score (nSPS) is 10.5. The third-order valence-electron chi connectivity index (χ3n) is 2.93. The summed E-state index contributed by atoms with van der Waals surface area (Å²) in [5, 5.41) is 0. The van der Waals surface area contributed by atoms with E-state index < -0.39 is 0 Å². The quantitative estimate of drug-likeness (QED) is 0.606. The topological polar surface area (TPSA) is 17.1 Å². The number of rotatable bonds is 4. The molecule has 1 nitrogen and oxygen atoms in total. The first-order valence-corrected chi connectivity index (χ1v) is 7.04. The lowest BCUT2D eigenvalue weighted by atomic mass is 10.1. The van der Waals surface area contributed by atoms with Gasteiger partial charge in [-0.05, 0) is 49.2 Å². The van der Waals surface area contributed by atoms with Gasteiger partial charge in [0.25, 0.3) is 0 Å². The molecule has 2 aromatic rings. The highest BCUT2D eigenvalue weighted by Gasteiger charge is 2.09. The summed E-state index contributed by atoms with van der Waals surface area (Å²) >= 11 is 1.52. The number of hydrogen-bond donors (Lipinski definition) is 0. The third-order valence-corrected chi connectivity index (χ3v) is 4.11. The SMILES string of the molecule is Cc1cc(C(=O)CSc2ccccc2C)ccc1F. The first-order valence-electron chi connectivity index (χ1n) is 6.05. The van der Waals surface area contributed by atoms with Gasteiger partial charge in [-0.25, -0.2) is 4.39 Å². The number of hydrogen-bond acceptors (Lipinski definition) is 2. The van der Waals surface area contributed by atoms with Crippen molar-refractivity contribution in [3.05, 3.63) is 65.0 Å². The Morgan fingerprint density at radius 1 is 1.11 bits per heavy atom. The molecule has 0 aliphatic heterocycles. The second kappa shape index (κ2) is 6.02. The first-order chi connectivity index (χ1) is 9.08. The lowest BCUT2D eigenvalue weighted by Gasteiger charge is -2.05. The Morgan fingerprint density at radius 3 is 2.53 bits per heavy atom. The number of Topliss-reactive ketones (excluding diaryl/α,β-unsaturated/α-hetero) is 1. The molecule has 0 amide bonds. The van der Waals surface area contributed by atoms with E-state index in [1.165, 1.54) is 17.8 Å². The second-order valence-corrected chi connectivity index (χ2v) is 5.46. The number of benzene rings is 2. The zero-order chi connectivity index (χ0) is 13.8. The maximum atomic E-state index is 13.1. The molecule has 0 unspecified atom stereocenters. The minimum atomic E-state index is -0.275. The smallest absolute Gasteiger partial charge is 0.173 e. The Bertz CT molecular complexity index is 607. The van der Waals surface area contributed by atoms with Gasteiger partial charge < -0.3 is 0 Å². The van der Waals surface area contributed by atoms with Crippen LogP contribution in [0, 0.1) is 19.7 Å². The van der Waals surface area contributed by atoms with Crippen molar-refractivity contribution < 1.29 is 9.18 Å². The average Bonchev–Trinajstić information content (AvgIpc) is 2.40. The predicted octanol–water partition coefficient (Wildman–Crippen LogP) is 4.42. The maximum absolute atomic E-state index is 13.1. The van der Waals surface area contributed by atoms with Crippen LogP contribution in [0.3, 0.4) is 0 Å². The van der Waals surface area contributed by atoms with Crippen molar-refractivity contribution in [2.24, 2.45) is 0 Å². The van der Waals surface area contributed by atoms with E-state index in [1.807, 2.05) is 31.2 Å². The monoisotopic (exact) mass is 274 g/mol. The second-order valence-electron chi connectivity index (χ2n) is 4.44. The van der Waals surface area contributed by atoms with E-state index in [0.717, 1.165) is 10.5 Å². The highest BCUT2D eigenvalue weighted by molar-refractivity contribution is 8.00. The number of aryl methyl sites for hydroxylation is 2. The molecule has 2 rings (SSSR count). The van der Waals surface area contributed by atoms with Gasteiger partial charge in [0.15, 0.2) is 5.78 Å². The predicted molar refractivity (Wildman–Crippen MR) is 77.4 cm³/mol. The molecule has 0 aromatic heterocycles. The van der Waals surface area contributed by atoms with Crippen LogP contribution in [0.1, 0.15) is 21.5 Å². The molecule has 0 radical (unpaired) electrons. The molecule has 2 aromatic carbocycles. The zero-order valence-electron chi connectivity index (χ0n) is 10.9. The largest absolute Gasteiger partial charge is 0.293 e. The fraction of sp³-hybridized carbons (Fsp3) is 0.188. The van der Waals surface area contributed by atoms with Gasteiger partial charge in [-0.15, -0.1) is 11.8 Å². The van der Waals surface area contributed by atoms with Crippen molar-refractivity contribution in [2.75, 3.05) is 5.75 Å². The molecular formula is C16H15FOS. The standard InChI is InChI=1S/C16H15FOS/c1-11-5-3-4-6-16(11)19-10-15(18)13-7-8-14(17)12(2)9-13/h3-9H,10H2,1-2H3. The average molecular weight is 274 g/mol. The lowest BCUT2D eigenvalue weighted by Crippen LogP contribution is -2.03. The van der Waals surface area contributed by atoms with Crippen LogP contribution in [0.2, 0.25) is 0 Å². The summed E-state index contributed by atoms with van der Waals surface area (Å²) in [5.41, 5.74) is 2.24. The van der Waals surface area contributed by atoms with Crippen LogP contribution < -0.4 is 0 Å². The van der Waals surface area contributed by atoms with Crippen LogP contribution in [0.4, 0.5) is 4.39 Å². The number of carbonyl (C=O) groups is 1. The molecule has 0 aliphatic rings. The molecule has 0 heterocycles. The third kappa shape index (κ3) is 3.44. The molecule has 0 bridgehead atoms. The molecular weight excluding hydrogens is 259 g/mol. The van der Waals surface area contributed by atoms with Crippen LogP contribution in [0.25, 0.3) is 0 Å². The Kier molecular flexibility index (Phi) is 4.38. The Balaban J connectivity index is 2.05. The van der Waals surface area contributed by atoms with Crippen molar-refractivity contribution in [1.82, 2.24) is 0 Å². The minimum Gasteiger partial charge on any atom is -0.293 e. The number of ketones is 1. The molecule has 0 spiro atoms. The summed E-state index contributed by atoms with van der Waals surface area (Å²) in [6, 6.07) is 12.5. The van der Waals surface area contributed by atoms with Gasteiger partial charge in [-0.3, -0.25) is 4.79 Å². The molecule has 3 heteroatoms. The van der Waals surface area contributed by atoms with E-state index in [-0.39, 0.29) is 11.6 Å². The summed E-state index contributed by atoms with van der Waals surface area (Å²) < 4.78 is 13.1. The van der Waals surface area contributed by atoms with Gasteiger partial charge in [-0.2, -0.15) is 0 Å². The van der Waals surface area contributed by atoms with E-state index in [0.29, 0.717) is 16.9 Å². The van der Waals surface area contributed by atoms with Gasteiger partial charge in [0.2, 0.25) is 0 Å². The molecule has 0 aliphatic carbocycles. The summed E-state index contributed by atoms with van der Waals surface area (Å²) in [7, 11) is 0. The molecule has 0 fully saturated rings. The van der Waals surface area contributed by atoms with E-state index in [2.05, 4.69) is 0 Å². The fourth-order valence-electron chi connectivity index (χ4n) is 1.76. The number of halogens is 1. The zero-order valence-corrected chi connectivity index (χ0v) is 11.8. The van der Waals surface area contributed by atoms with E-state index in [9.17, 15) is 9.18 Å². The van der Waals surface area contributed by atoms with Crippen molar-refractivity contribution in [1.29, 1.82) is 0 Å². The summed E-state index contributed by atoms with van der Waals surface area (Å²) in [5.74, 6) is 0.120. The van der Waals surface area contributed by atoms with E-state index in [4.69, 9.17) is 0 Å². The van der Waals surface area contributed by atoms with Gasteiger partial charge >= 0.3 is 0 Å². The summed E-state index contributed by atoms with van der Waals surface area (Å²) in [6.45, 7) is 3.69. The van der Waals surface area contributed by atoms with Gasteiger partial charge in [0.05, 0.1) is 5.75 Å². The van der Waals surface area contributed by atoms with Gasteiger partial charge in [0.1, 0.15) is 5.82 Å². The lowest BCUT2D eigenvalue weighted by molar-refractivity contribution is 0.102. The Hall–Kier alpha value is -1.61. The van der Waals surface area contributed by atoms with Crippen LogP contribution in [0.15, 0.2) is 47.4 Å². The fourth-order valence-corrected chi connectivity index (χ4v) is 2.69. The highest BCUT2D eigenvalue weighted by atomic mass is 32.2. The maximum Gasteiger partial charge on any atom is 0.173 e. The molecule has 0 saturated heterocycles.